The molecule has 1 aromatic rings. The van der Waals surface area contributed by atoms with Crippen molar-refractivity contribution < 1.29 is 24.4 Å². The van der Waals surface area contributed by atoms with Crippen molar-refractivity contribution in [2.24, 2.45) is 0 Å². The predicted molar refractivity (Wildman–Crippen MR) is 55.5 cm³/mol. The molecule has 0 saturated heterocycles. The predicted octanol–water partition coefficient (Wildman–Crippen LogP) is 1.36. The Morgan fingerprint density at radius 1 is 1.47 bits per heavy atom. The summed E-state index contributed by atoms with van der Waals surface area (Å²) in [6.07, 6.45) is 0. The van der Waals surface area contributed by atoms with Crippen LogP contribution in [0.5, 0.6) is 0 Å². The van der Waals surface area contributed by atoms with E-state index in [1.165, 1.54) is 19.1 Å². The minimum Gasteiger partial charge on any atom is -0.478 e. The standard InChI is InChI=1S/C10H9NO6/c1-6(12)17-5-8-3-2-7(10(13)14)4-9(8)11(15)16/h2-4H,5H2,1H3,(H,13,14). The molecule has 1 rings (SSSR count). The van der Waals surface area contributed by atoms with Gasteiger partial charge in [-0.2, -0.15) is 0 Å². The number of carboxylic acids is 1. The molecule has 0 aliphatic carbocycles. The minimum atomic E-state index is -1.26. The van der Waals surface area contributed by atoms with Crippen molar-refractivity contribution in [1.29, 1.82) is 0 Å². The Morgan fingerprint density at radius 2 is 2.12 bits per heavy atom. The van der Waals surface area contributed by atoms with Crippen LogP contribution in [-0.4, -0.2) is 22.0 Å². The van der Waals surface area contributed by atoms with Crippen molar-refractivity contribution in [3.8, 4) is 0 Å². The lowest BCUT2D eigenvalue weighted by Crippen LogP contribution is -2.04. The van der Waals surface area contributed by atoms with Gasteiger partial charge in [-0.15, -0.1) is 0 Å². The van der Waals surface area contributed by atoms with Crippen molar-refractivity contribution in [2.75, 3.05) is 0 Å². The molecule has 0 aliphatic heterocycles. The van der Waals surface area contributed by atoms with Gasteiger partial charge in [0.15, 0.2) is 0 Å². The van der Waals surface area contributed by atoms with Gasteiger partial charge in [-0.05, 0) is 12.1 Å². The van der Waals surface area contributed by atoms with E-state index < -0.39 is 16.9 Å². The molecular weight excluding hydrogens is 230 g/mol. The summed E-state index contributed by atoms with van der Waals surface area (Å²) in [5.41, 5.74) is -0.426. The highest BCUT2D eigenvalue weighted by molar-refractivity contribution is 5.88. The first-order valence-electron chi connectivity index (χ1n) is 4.55. The molecule has 0 bridgehead atoms. The van der Waals surface area contributed by atoms with Gasteiger partial charge in [0.05, 0.1) is 16.1 Å². The van der Waals surface area contributed by atoms with E-state index in [1.54, 1.807) is 0 Å². The van der Waals surface area contributed by atoms with Gasteiger partial charge in [0, 0.05) is 13.0 Å². The zero-order chi connectivity index (χ0) is 13.0. The van der Waals surface area contributed by atoms with Crippen LogP contribution in [0.25, 0.3) is 0 Å². The van der Waals surface area contributed by atoms with Crippen LogP contribution in [0.4, 0.5) is 5.69 Å². The van der Waals surface area contributed by atoms with E-state index in [1.807, 2.05) is 0 Å². The fraction of sp³-hybridized carbons (Fsp3) is 0.200. The summed E-state index contributed by atoms with van der Waals surface area (Å²) in [7, 11) is 0. The summed E-state index contributed by atoms with van der Waals surface area (Å²) in [5, 5.41) is 19.4. The van der Waals surface area contributed by atoms with E-state index in [0.717, 1.165) is 6.07 Å². The molecule has 0 spiro atoms. The first-order valence-corrected chi connectivity index (χ1v) is 4.55. The van der Waals surface area contributed by atoms with Crippen LogP contribution in [0, 0.1) is 10.1 Å². The molecule has 0 saturated carbocycles. The quantitative estimate of drug-likeness (QED) is 0.482. The Bertz CT molecular complexity index is 482. The van der Waals surface area contributed by atoms with Gasteiger partial charge < -0.3 is 9.84 Å². The fourth-order valence-electron chi connectivity index (χ4n) is 1.17. The van der Waals surface area contributed by atoms with E-state index in [4.69, 9.17) is 5.11 Å². The summed E-state index contributed by atoms with van der Waals surface area (Å²) in [5.74, 6) is -1.83. The van der Waals surface area contributed by atoms with E-state index in [2.05, 4.69) is 4.74 Å². The largest absolute Gasteiger partial charge is 0.478 e. The number of esters is 1. The third-order valence-corrected chi connectivity index (χ3v) is 1.96. The molecule has 0 amide bonds. The van der Waals surface area contributed by atoms with Crippen LogP contribution in [0.2, 0.25) is 0 Å². The molecule has 0 unspecified atom stereocenters. The van der Waals surface area contributed by atoms with Gasteiger partial charge in [-0.1, -0.05) is 0 Å². The molecule has 7 nitrogen and oxygen atoms in total. The van der Waals surface area contributed by atoms with Gasteiger partial charge in [-0.25, -0.2) is 4.79 Å². The van der Waals surface area contributed by atoms with Crippen LogP contribution in [-0.2, 0) is 16.1 Å². The first kappa shape index (κ1) is 12.6. The highest BCUT2D eigenvalue weighted by Gasteiger charge is 2.17. The Labute approximate surface area is 95.8 Å². The number of nitrogens with zero attached hydrogens (tertiary/aromatic N) is 1. The SMILES string of the molecule is CC(=O)OCc1ccc(C(=O)O)cc1[N+](=O)[O-]. The summed E-state index contributed by atoms with van der Waals surface area (Å²) >= 11 is 0. The van der Waals surface area contributed by atoms with E-state index in [-0.39, 0.29) is 23.4 Å². The Hall–Kier alpha value is -2.44. The lowest BCUT2D eigenvalue weighted by molar-refractivity contribution is -0.385. The molecular formula is C10H9NO6. The topological polar surface area (TPSA) is 107 Å². The second-order valence-corrected chi connectivity index (χ2v) is 3.19. The maximum atomic E-state index is 10.7. The molecule has 0 fully saturated rings. The number of nitro groups is 1. The summed E-state index contributed by atoms with van der Waals surface area (Å²) in [6.45, 7) is 0.920. The van der Waals surface area contributed by atoms with E-state index in [9.17, 15) is 19.7 Å². The second kappa shape index (κ2) is 5.06. The lowest BCUT2D eigenvalue weighted by atomic mass is 10.1. The number of carboxylic acid groups (broad SMARTS) is 1. The number of ether oxygens (including phenoxy) is 1. The Kier molecular flexibility index (Phi) is 3.76. The number of carbonyl (C=O) groups excluding carboxylic acids is 1. The maximum absolute atomic E-state index is 10.7. The van der Waals surface area contributed by atoms with Crippen LogP contribution >= 0.6 is 0 Å². The number of hydrogen-bond acceptors (Lipinski definition) is 5. The number of carbonyl (C=O) groups is 2. The van der Waals surface area contributed by atoms with Gasteiger partial charge >= 0.3 is 11.9 Å². The number of hydrogen-bond donors (Lipinski definition) is 1. The molecule has 0 heterocycles. The molecule has 1 N–H and O–H groups in total. The van der Waals surface area contributed by atoms with E-state index in [0.29, 0.717) is 0 Å². The molecule has 7 heteroatoms. The molecule has 0 atom stereocenters. The zero-order valence-corrected chi connectivity index (χ0v) is 8.87. The maximum Gasteiger partial charge on any atom is 0.335 e. The van der Waals surface area contributed by atoms with Gasteiger partial charge in [0.1, 0.15) is 6.61 Å². The molecule has 90 valence electrons. The second-order valence-electron chi connectivity index (χ2n) is 3.19. The van der Waals surface area contributed by atoms with Crippen LogP contribution in [0.15, 0.2) is 18.2 Å². The third kappa shape index (κ3) is 3.26. The zero-order valence-electron chi connectivity index (χ0n) is 8.87. The highest BCUT2D eigenvalue weighted by atomic mass is 16.6. The average Bonchev–Trinajstić information content (AvgIpc) is 2.25. The van der Waals surface area contributed by atoms with Gasteiger partial charge in [0.2, 0.25) is 0 Å². The van der Waals surface area contributed by atoms with Gasteiger partial charge in [-0.3, -0.25) is 14.9 Å². The summed E-state index contributed by atoms with van der Waals surface area (Å²) in [6, 6.07) is 3.40. The molecule has 1 aromatic carbocycles. The van der Waals surface area contributed by atoms with Crippen molar-refractivity contribution in [1.82, 2.24) is 0 Å². The minimum absolute atomic E-state index is 0.148. The monoisotopic (exact) mass is 239 g/mol. The highest BCUT2D eigenvalue weighted by Crippen LogP contribution is 2.21. The Morgan fingerprint density at radius 3 is 2.59 bits per heavy atom. The average molecular weight is 239 g/mol. The van der Waals surface area contributed by atoms with Crippen molar-refractivity contribution in [3.63, 3.8) is 0 Å². The molecule has 0 aliphatic rings. The number of nitro benzene ring substituents is 1. The van der Waals surface area contributed by atoms with Crippen LogP contribution < -0.4 is 0 Å². The van der Waals surface area contributed by atoms with Crippen LogP contribution in [0.3, 0.4) is 0 Å². The molecule has 0 radical (unpaired) electrons. The lowest BCUT2D eigenvalue weighted by Gasteiger charge is -2.04. The van der Waals surface area contributed by atoms with Crippen molar-refractivity contribution in [2.45, 2.75) is 13.5 Å². The smallest absolute Gasteiger partial charge is 0.335 e. The Balaban J connectivity index is 3.08. The van der Waals surface area contributed by atoms with Crippen molar-refractivity contribution >= 4 is 17.6 Å². The number of rotatable bonds is 4. The fourth-order valence-corrected chi connectivity index (χ4v) is 1.17. The number of aromatic carboxylic acids is 1. The summed E-state index contributed by atoms with van der Waals surface area (Å²) in [4.78, 5) is 31.2. The first-order chi connectivity index (χ1) is 7.91. The van der Waals surface area contributed by atoms with Gasteiger partial charge in [0.25, 0.3) is 5.69 Å². The van der Waals surface area contributed by atoms with Crippen LogP contribution in [0.1, 0.15) is 22.8 Å². The third-order valence-electron chi connectivity index (χ3n) is 1.96. The van der Waals surface area contributed by atoms with E-state index >= 15 is 0 Å². The number of benzene rings is 1. The normalized spacial score (nSPS) is 9.71. The van der Waals surface area contributed by atoms with Crippen molar-refractivity contribution in [3.05, 3.63) is 39.4 Å². The molecule has 17 heavy (non-hydrogen) atoms. The molecule has 0 aromatic heterocycles. The summed E-state index contributed by atoms with van der Waals surface area (Å²) < 4.78 is 4.63.